The maximum atomic E-state index is 13.7. The number of sulfonamides is 1. The Hall–Kier alpha value is -2.13. The molecule has 0 saturated heterocycles. The molecule has 0 bridgehead atoms. The summed E-state index contributed by atoms with van der Waals surface area (Å²) in [7, 11) is -0.138. The van der Waals surface area contributed by atoms with E-state index in [1.54, 1.807) is 32.2 Å². The molecule has 2 aromatic carbocycles. The van der Waals surface area contributed by atoms with Gasteiger partial charge in [-0.1, -0.05) is 31.2 Å². The molecular weight excluding hydrogens is 452 g/mol. The molecule has 2 aliphatic rings. The third kappa shape index (κ3) is 5.25. The van der Waals surface area contributed by atoms with Gasteiger partial charge in [0.25, 0.3) is 0 Å². The van der Waals surface area contributed by atoms with Gasteiger partial charge in [-0.25, -0.2) is 8.42 Å². The van der Waals surface area contributed by atoms with E-state index in [4.69, 9.17) is 9.47 Å². The molecule has 1 fully saturated rings. The summed E-state index contributed by atoms with van der Waals surface area (Å²) in [4.78, 5) is 2.42. The van der Waals surface area contributed by atoms with E-state index in [0.717, 1.165) is 23.6 Å². The molecule has 1 heterocycles. The number of fused-ring (bicyclic) bond motifs is 1. The van der Waals surface area contributed by atoms with Gasteiger partial charge in [0.05, 0.1) is 13.7 Å². The third-order valence-electron chi connectivity index (χ3n) is 6.84. The van der Waals surface area contributed by atoms with E-state index in [9.17, 15) is 13.5 Å². The topological polar surface area (TPSA) is 79.3 Å². The zero-order valence-corrected chi connectivity index (χ0v) is 21.3. The molecule has 0 aromatic heterocycles. The van der Waals surface area contributed by atoms with Gasteiger partial charge in [-0.3, -0.25) is 0 Å². The van der Waals surface area contributed by atoms with Crippen molar-refractivity contribution in [3.8, 4) is 22.6 Å². The number of nitrogens with zero attached hydrogens (tertiary/aromatic N) is 2. The van der Waals surface area contributed by atoms with Crippen molar-refractivity contribution in [1.82, 2.24) is 9.21 Å². The van der Waals surface area contributed by atoms with Gasteiger partial charge < -0.3 is 19.5 Å². The fraction of sp³-hybridized carbons (Fsp3) is 0.538. The van der Waals surface area contributed by atoms with Crippen molar-refractivity contribution in [2.45, 2.75) is 43.7 Å². The smallest absolute Gasteiger partial charge is 0.247 e. The summed E-state index contributed by atoms with van der Waals surface area (Å²) in [6.07, 6.45) is 2.35. The third-order valence-corrected chi connectivity index (χ3v) is 8.86. The molecule has 34 heavy (non-hydrogen) atoms. The molecule has 186 valence electrons. The number of hydrogen-bond acceptors (Lipinski definition) is 6. The normalized spacial score (nSPS) is 23.5. The lowest BCUT2D eigenvalue weighted by atomic mass is 10.0. The van der Waals surface area contributed by atoms with Crippen molar-refractivity contribution in [2.24, 2.45) is 11.8 Å². The van der Waals surface area contributed by atoms with E-state index in [1.807, 2.05) is 31.2 Å². The lowest BCUT2D eigenvalue weighted by Gasteiger charge is -2.37. The Bertz CT molecular complexity index is 1100. The van der Waals surface area contributed by atoms with Crippen LogP contribution in [0.25, 0.3) is 11.1 Å². The first-order valence-electron chi connectivity index (χ1n) is 12.0. The first-order chi connectivity index (χ1) is 16.2. The van der Waals surface area contributed by atoms with Gasteiger partial charge >= 0.3 is 0 Å². The summed E-state index contributed by atoms with van der Waals surface area (Å²) in [6.45, 7) is 5.54. The second-order valence-corrected chi connectivity index (χ2v) is 11.6. The van der Waals surface area contributed by atoms with Crippen molar-refractivity contribution in [3.63, 3.8) is 0 Å². The van der Waals surface area contributed by atoms with E-state index in [2.05, 4.69) is 11.9 Å². The molecule has 0 unspecified atom stereocenters. The quantitative estimate of drug-likeness (QED) is 0.613. The lowest BCUT2D eigenvalue weighted by Crippen LogP contribution is -2.49. The molecule has 0 radical (unpaired) electrons. The van der Waals surface area contributed by atoms with Crippen molar-refractivity contribution in [1.29, 1.82) is 0 Å². The van der Waals surface area contributed by atoms with E-state index >= 15 is 0 Å². The highest BCUT2D eigenvalue weighted by molar-refractivity contribution is 7.89. The minimum absolute atomic E-state index is 0.0616. The van der Waals surface area contributed by atoms with Gasteiger partial charge in [0.1, 0.15) is 22.5 Å². The van der Waals surface area contributed by atoms with Gasteiger partial charge in [-0.15, -0.1) is 0 Å². The van der Waals surface area contributed by atoms with Crippen LogP contribution < -0.4 is 9.47 Å². The number of aliphatic hydroxyl groups excluding tert-OH is 1. The SMILES string of the molecule is COc1ccccc1-c1ccc2c(c1)O[C@@H](CN(C)CC1CC1)[C@H](C)CN([C@@H](C)CO)S2(=O)=O. The van der Waals surface area contributed by atoms with Crippen LogP contribution in [0.4, 0.5) is 0 Å². The highest BCUT2D eigenvalue weighted by Crippen LogP contribution is 2.39. The Morgan fingerprint density at radius 1 is 1.21 bits per heavy atom. The second-order valence-electron chi connectivity index (χ2n) is 9.77. The summed E-state index contributed by atoms with van der Waals surface area (Å²) in [5.74, 6) is 1.74. The van der Waals surface area contributed by atoms with Gasteiger partial charge in [-0.2, -0.15) is 4.31 Å². The molecule has 4 rings (SSSR count). The fourth-order valence-electron chi connectivity index (χ4n) is 4.62. The average molecular weight is 489 g/mol. The molecule has 2 aromatic rings. The van der Waals surface area contributed by atoms with E-state index in [0.29, 0.717) is 24.6 Å². The van der Waals surface area contributed by atoms with Crippen LogP contribution in [-0.2, 0) is 10.0 Å². The van der Waals surface area contributed by atoms with Crippen molar-refractivity contribution >= 4 is 10.0 Å². The number of ether oxygens (including phenoxy) is 2. The number of aliphatic hydroxyl groups is 1. The van der Waals surface area contributed by atoms with Gasteiger partial charge in [0.15, 0.2) is 0 Å². The minimum atomic E-state index is -3.86. The van der Waals surface area contributed by atoms with Crippen LogP contribution in [-0.4, -0.2) is 75.3 Å². The Kier molecular flexibility index (Phi) is 7.52. The molecule has 1 aliphatic carbocycles. The van der Waals surface area contributed by atoms with Gasteiger partial charge in [0.2, 0.25) is 10.0 Å². The zero-order chi connectivity index (χ0) is 24.5. The maximum Gasteiger partial charge on any atom is 0.247 e. The Labute approximate surface area is 203 Å². The lowest BCUT2D eigenvalue weighted by molar-refractivity contribution is 0.0741. The Morgan fingerprint density at radius 3 is 2.62 bits per heavy atom. The number of methoxy groups -OCH3 is 1. The number of likely N-dealkylation sites (N-methyl/N-ethyl adjacent to an activating group) is 1. The molecule has 1 N–H and O–H groups in total. The monoisotopic (exact) mass is 488 g/mol. The average Bonchev–Trinajstić information content (AvgIpc) is 3.64. The van der Waals surface area contributed by atoms with E-state index in [-0.39, 0.29) is 23.5 Å². The summed E-state index contributed by atoms with van der Waals surface area (Å²) in [5.41, 5.74) is 1.69. The van der Waals surface area contributed by atoms with Crippen LogP contribution in [0.5, 0.6) is 11.5 Å². The van der Waals surface area contributed by atoms with E-state index < -0.39 is 16.1 Å². The number of para-hydroxylation sites is 1. The van der Waals surface area contributed by atoms with Crippen LogP contribution in [0, 0.1) is 11.8 Å². The predicted molar refractivity (Wildman–Crippen MR) is 133 cm³/mol. The van der Waals surface area contributed by atoms with Crippen LogP contribution in [0.15, 0.2) is 47.4 Å². The highest BCUT2D eigenvalue weighted by atomic mass is 32.2. The standard InChI is InChI=1S/C26H36N2O5S/c1-18-14-28(19(2)17-29)34(30,31)26-12-11-21(22-7-5-6-8-23(22)32-4)13-24(26)33-25(18)16-27(3)15-20-9-10-20/h5-8,11-13,18-20,25,29H,9-10,14-17H2,1-4H3/t18-,19+,25+/m1/s1. The molecular formula is C26H36N2O5S. The molecule has 7 nitrogen and oxygen atoms in total. The fourth-order valence-corrected chi connectivity index (χ4v) is 6.44. The summed E-state index contributed by atoms with van der Waals surface area (Å²) in [5, 5.41) is 9.82. The van der Waals surface area contributed by atoms with Gasteiger partial charge in [-0.05, 0) is 56.5 Å². The van der Waals surface area contributed by atoms with Crippen molar-refractivity contribution in [3.05, 3.63) is 42.5 Å². The summed E-state index contributed by atoms with van der Waals surface area (Å²) >= 11 is 0. The van der Waals surface area contributed by atoms with E-state index in [1.165, 1.54) is 17.1 Å². The number of hydrogen-bond donors (Lipinski definition) is 1. The summed E-state index contributed by atoms with van der Waals surface area (Å²) < 4.78 is 40.8. The highest BCUT2D eigenvalue weighted by Gasteiger charge is 2.38. The number of rotatable bonds is 8. The van der Waals surface area contributed by atoms with Gasteiger partial charge in [0, 0.05) is 37.2 Å². The number of benzene rings is 2. The van der Waals surface area contributed by atoms with Crippen molar-refractivity contribution < 1.29 is 23.0 Å². The van der Waals surface area contributed by atoms with Crippen LogP contribution in [0.2, 0.25) is 0 Å². The molecule has 0 amide bonds. The Morgan fingerprint density at radius 2 is 1.94 bits per heavy atom. The molecule has 3 atom stereocenters. The largest absolute Gasteiger partial charge is 0.496 e. The van der Waals surface area contributed by atoms with Crippen LogP contribution in [0.1, 0.15) is 26.7 Å². The van der Waals surface area contributed by atoms with Crippen LogP contribution >= 0.6 is 0 Å². The predicted octanol–water partition coefficient (Wildman–Crippen LogP) is 3.47. The molecule has 8 heteroatoms. The molecule has 1 aliphatic heterocycles. The van der Waals surface area contributed by atoms with Crippen molar-refractivity contribution in [2.75, 3.05) is 40.4 Å². The Balaban J connectivity index is 1.77. The van der Waals surface area contributed by atoms with Crippen LogP contribution in [0.3, 0.4) is 0 Å². The first-order valence-corrected chi connectivity index (χ1v) is 13.4. The molecule has 0 spiro atoms. The zero-order valence-electron chi connectivity index (χ0n) is 20.5. The maximum absolute atomic E-state index is 13.7. The molecule has 1 saturated carbocycles. The second kappa shape index (κ2) is 10.2. The minimum Gasteiger partial charge on any atom is -0.496 e. The summed E-state index contributed by atoms with van der Waals surface area (Å²) in [6, 6.07) is 12.3. The first kappa shape index (κ1) is 25.0.